The maximum atomic E-state index is 13.1. The number of allylic oxidation sites excluding steroid dienone is 1. The summed E-state index contributed by atoms with van der Waals surface area (Å²) in [5, 5.41) is 6.58. The third-order valence-electron chi connectivity index (χ3n) is 14.3. The fourth-order valence-electron chi connectivity index (χ4n) is 11.8. The highest BCUT2D eigenvalue weighted by Gasteiger charge is 2.70. The van der Waals surface area contributed by atoms with Crippen molar-refractivity contribution in [2.24, 2.45) is 50.6 Å². The van der Waals surface area contributed by atoms with Gasteiger partial charge in [-0.2, -0.15) is 0 Å². The van der Waals surface area contributed by atoms with E-state index in [1.54, 1.807) is 5.57 Å². The Labute approximate surface area is 249 Å². The summed E-state index contributed by atoms with van der Waals surface area (Å²) in [4.78, 5) is 13.1. The third kappa shape index (κ3) is 4.30. The molecule has 4 saturated carbocycles. The summed E-state index contributed by atoms with van der Waals surface area (Å²) in [6.07, 6.45) is 14.6. The summed E-state index contributed by atoms with van der Waals surface area (Å²) in [6.45, 7) is 21.2. The van der Waals surface area contributed by atoms with Crippen molar-refractivity contribution in [1.29, 1.82) is 0 Å². The van der Waals surface area contributed by atoms with E-state index < -0.39 is 5.79 Å². The number of hydrogen-bond acceptors (Lipinski definition) is 4. The molecule has 5 aliphatic carbocycles. The molecule has 2 amide bonds. The number of carbonyl (C=O) groups excluding carboxylic acids is 1. The van der Waals surface area contributed by atoms with E-state index in [9.17, 15) is 4.79 Å². The minimum absolute atomic E-state index is 0.0395. The lowest BCUT2D eigenvalue weighted by molar-refractivity contribution is -0.351. The van der Waals surface area contributed by atoms with Gasteiger partial charge in [0, 0.05) is 30.0 Å². The number of carbonyl (C=O) groups is 1. The Morgan fingerprint density at radius 3 is 2.39 bits per heavy atom. The number of nitrogens with one attached hydrogen (secondary N) is 2. The van der Waals surface area contributed by atoms with Crippen molar-refractivity contribution in [2.45, 2.75) is 137 Å². The first-order valence-electron chi connectivity index (χ1n) is 16.8. The van der Waals surface area contributed by atoms with Crippen LogP contribution < -0.4 is 16.4 Å². The molecule has 6 heteroatoms. The number of urea groups is 1. The molecule has 1 heterocycles. The molecular weight excluding hydrogens is 510 g/mol. The van der Waals surface area contributed by atoms with Crippen LogP contribution in [-0.2, 0) is 9.47 Å². The summed E-state index contributed by atoms with van der Waals surface area (Å²) >= 11 is 0. The topological polar surface area (TPSA) is 85.6 Å². The first kappa shape index (κ1) is 29.9. The molecule has 0 aromatic rings. The Morgan fingerprint density at radius 2 is 1.66 bits per heavy atom. The van der Waals surface area contributed by atoms with Gasteiger partial charge >= 0.3 is 6.03 Å². The van der Waals surface area contributed by atoms with Crippen molar-refractivity contribution in [1.82, 2.24) is 10.6 Å². The average molecular weight is 570 g/mol. The number of rotatable bonds is 3. The first-order chi connectivity index (χ1) is 19.0. The fourth-order valence-corrected chi connectivity index (χ4v) is 11.8. The van der Waals surface area contributed by atoms with E-state index >= 15 is 0 Å². The summed E-state index contributed by atoms with van der Waals surface area (Å²) in [7, 11) is 0. The smallest absolute Gasteiger partial charge is 0.315 e. The second-order valence-electron chi connectivity index (χ2n) is 17.4. The van der Waals surface area contributed by atoms with Crippen LogP contribution in [0.3, 0.4) is 0 Å². The second-order valence-corrected chi connectivity index (χ2v) is 17.4. The van der Waals surface area contributed by atoms with E-state index in [1.807, 2.05) is 0 Å². The molecule has 1 saturated heterocycles. The quantitative estimate of drug-likeness (QED) is 0.322. The zero-order valence-electron chi connectivity index (χ0n) is 27.4. The van der Waals surface area contributed by atoms with Crippen molar-refractivity contribution < 1.29 is 14.3 Å². The van der Waals surface area contributed by atoms with Crippen molar-refractivity contribution >= 4 is 6.03 Å². The normalized spacial score (nSPS) is 49.6. The number of ether oxygens (including phenoxy) is 2. The van der Waals surface area contributed by atoms with Crippen molar-refractivity contribution in [3.05, 3.63) is 11.6 Å². The molecule has 232 valence electrons. The molecular formula is C35H59N3O3. The summed E-state index contributed by atoms with van der Waals surface area (Å²) in [5.41, 5.74) is 8.25. The number of fused-ring (bicyclic) bond motifs is 9. The minimum atomic E-state index is -0.478. The maximum absolute atomic E-state index is 13.1. The highest BCUT2D eigenvalue weighted by atomic mass is 16.7. The standard InChI is InChI=1S/C35H59N3O3/c1-29(2)15-17-35(38-28(39)37-20-19-36)18-16-33(7)23(24(35)21-29)9-10-26-31(5)13-12-27-32(6,22-40-30(3,4)41-27)25(31)11-14-34(26,33)8/h9,24-27H,10-22,36H2,1-8H3,(H2,37,38,39)/t24-,25+,26+,27-,31-,32-,33+,34+,35-/m0/s1. The molecule has 0 bridgehead atoms. The molecule has 0 aromatic heterocycles. The van der Waals surface area contributed by atoms with Crippen LogP contribution in [-0.4, -0.2) is 43.2 Å². The molecule has 9 atom stereocenters. The van der Waals surface area contributed by atoms with E-state index in [4.69, 9.17) is 15.2 Å². The van der Waals surface area contributed by atoms with Crippen LogP contribution in [0.1, 0.15) is 120 Å². The van der Waals surface area contributed by atoms with Crippen LogP contribution in [0.5, 0.6) is 0 Å². The van der Waals surface area contributed by atoms with Gasteiger partial charge in [0.15, 0.2) is 5.79 Å². The van der Waals surface area contributed by atoms with E-state index in [0.717, 1.165) is 51.6 Å². The van der Waals surface area contributed by atoms with Crippen LogP contribution in [0.4, 0.5) is 4.79 Å². The Balaban J connectivity index is 1.35. The molecule has 6 rings (SSSR count). The predicted molar refractivity (Wildman–Crippen MR) is 164 cm³/mol. The van der Waals surface area contributed by atoms with E-state index in [-0.39, 0.29) is 44.7 Å². The molecule has 6 aliphatic rings. The van der Waals surface area contributed by atoms with E-state index in [1.165, 1.54) is 19.3 Å². The van der Waals surface area contributed by atoms with Crippen LogP contribution in [0, 0.1) is 44.8 Å². The lowest BCUT2D eigenvalue weighted by Gasteiger charge is -2.72. The summed E-state index contributed by atoms with van der Waals surface area (Å²) in [5.74, 6) is 1.19. The number of hydrogen-bond donors (Lipinski definition) is 3. The van der Waals surface area contributed by atoms with Gasteiger partial charge in [-0.25, -0.2) is 4.79 Å². The number of nitrogens with two attached hydrogens (primary N) is 1. The Kier molecular flexibility index (Phi) is 6.90. The second kappa shape index (κ2) is 9.44. The zero-order chi connectivity index (χ0) is 29.7. The van der Waals surface area contributed by atoms with Gasteiger partial charge in [-0.3, -0.25) is 0 Å². The molecule has 5 fully saturated rings. The van der Waals surface area contributed by atoms with Gasteiger partial charge in [-0.1, -0.05) is 53.2 Å². The minimum Gasteiger partial charge on any atom is -0.350 e. The molecule has 0 spiro atoms. The third-order valence-corrected chi connectivity index (χ3v) is 14.3. The SMILES string of the molecule is CC1(C)CC[C@]2(NC(=O)NCCN)CC[C@]3(C)C(=CC[C@@H]4[C@@]5(C)CC[C@@H]6OC(C)(C)OC[C@@]6(C)[C@@H]5CC[C@]43C)[C@@H]2C1. The van der Waals surface area contributed by atoms with Gasteiger partial charge in [0.05, 0.1) is 12.7 Å². The highest BCUT2D eigenvalue weighted by molar-refractivity contribution is 5.75. The predicted octanol–water partition coefficient (Wildman–Crippen LogP) is 6.93. The molecule has 0 aromatic carbocycles. The monoisotopic (exact) mass is 569 g/mol. The van der Waals surface area contributed by atoms with Gasteiger partial charge < -0.3 is 25.8 Å². The van der Waals surface area contributed by atoms with Gasteiger partial charge in [0.2, 0.25) is 0 Å². The van der Waals surface area contributed by atoms with E-state index in [0.29, 0.717) is 30.8 Å². The zero-order valence-corrected chi connectivity index (χ0v) is 27.4. The Hall–Kier alpha value is -1.11. The van der Waals surface area contributed by atoms with E-state index in [2.05, 4.69) is 72.1 Å². The number of amides is 2. The van der Waals surface area contributed by atoms with Crippen LogP contribution in [0.25, 0.3) is 0 Å². The fraction of sp³-hybridized carbons (Fsp3) is 0.914. The molecule has 6 nitrogen and oxygen atoms in total. The first-order valence-corrected chi connectivity index (χ1v) is 16.8. The summed E-state index contributed by atoms with van der Waals surface area (Å²) < 4.78 is 13.0. The average Bonchev–Trinajstić information content (AvgIpc) is 2.89. The van der Waals surface area contributed by atoms with Crippen LogP contribution in [0.15, 0.2) is 11.6 Å². The van der Waals surface area contributed by atoms with Crippen molar-refractivity contribution in [3.63, 3.8) is 0 Å². The largest absolute Gasteiger partial charge is 0.350 e. The lowest BCUT2D eigenvalue weighted by atomic mass is 9.34. The molecule has 41 heavy (non-hydrogen) atoms. The van der Waals surface area contributed by atoms with Gasteiger partial charge in [-0.05, 0) is 112 Å². The molecule has 1 aliphatic heterocycles. The van der Waals surface area contributed by atoms with Crippen molar-refractivity contribution in [2.75, 3.05) is 19.7 Å². The molecule has 0 unspecified atom stereocenters. The van der Waals surface area contributed by atoms with Gasteiger partial charge in [-0.15, -0.1) is 0 Å². The van der Waals surface area contributed by atoms with Crippen molar-refractivity contribution in [3.8, 4) is 0 Å². The molecule has 4 N–H and O–H groups in total. The van der Waals surface area contributed by atoms with Crippen LogP contribution >= 0.6 is 0 Å². The van der Waals surface area contributed by atoms with Crippen LogP contribution in [0.2, 0.25) is 0 Å². The molecule has 0 radical (unpaired) electrons. The highest BCUT2D eigenvalue weighted by Crippen LogP contribution is 2.75. The lowest BCUT2D eigenvalue weighted by Crippen LogP contribution is -2.69. The maximum Gasteiger partial charge on any atom is 0.315 e. The van der Waals surface area contributed by atoms with Gasteiger partial charge in [0.25, 0.3) is 0 Å². The summed E-state index contributed by atoms with van der Waals surface area (Å²) in [6, 6.07) is -0.0395. The Morgan fingerprint density at radius 1 is 0.927 bits per heavy atom. The van der Waals surface area contributed by atoms with Gasteiger partial charge in [0.1, 0.15) is 0 Å². The Bertz CT molecular complexity index is 1100.